The van der Waals surface area contributed by atoms with Gasteiger partial charge in [0.2, 0.25) is 11.8 Å². The van der Waals surface area contributed by atoms with Gasteiger partial charge in [-0.05, 0) is 12.8 Å². The van der Waals surface area contributed by atoms with Crippen molar-refractivity contribution in [3.05, 3.63) is 0 Å². The van der Waals surface area contributed by atoms with Crippen LogP contribution in [0.5, 0.6) is 0 Å². The number of aliphatic hydroxyl groups excluding tert-OH is 5. The second-order valence-electron chi connectivity index (χ2n) is 18.5. The highest BCUT2D eigenvalue weighted by Crippen LogP contribution is 2.23. The Bertz CT molecular complexity index is 1010. The van der Waals surface area contributed by atoms with Crippen molar-refractivity contribution < 1.29 is 44.6 Å². The molecular formula is C50H98N2O9. The van der Waals surface area contributed by atoms with Gasteiger partial charge in [-0.1, -0.05) is 219 Å². The highest BCUT2D eigenvalue weighted by Gasteiger charge is 2.45. The van der Waals surface area contributed by atoms with E-state index in [2.05, 4.69) is 24.5 Å². The molecule has 0 aromatic heterocycles. The number of unbranched alkanes of at least 4 members (excludes halogenated alkanes) is 31. The van der Waals surface area contributed by atoms with Crippen molar-refractivity contribution >= 4 is 11.8 Å². The van der Waals surface area contributed by atoms with E-state index in [1.165, 1.54) is 167 Å². The summed E-state index contributed by atoms with van der Waals surface area (Å²) in [4.78, 5) is 24.6. The Morgan fingerprint density at radius 2 is 0.918 bits per heavy atom. The van der Waals surface area contributed by atoms with Crippen LogP contribution in [0.3, 0.4) is 0 Å². The van der Waals surface area contributed by atoms with Gasteiger partial charge in [0, 0.05) is 19.9 Å². The Kier molecular flexibility index (Phi) is 38.0. The van der Waals surface area contributed by atoms with Crippen LogP contribution in [0.15, 0.2) is 0 Å². The van der Waals surface area contributed by atoms with Gasteiger partial charge in [0.05, 0.1) is 18.8 Å². The number of aliphatic hydroxyl groups is 5. The van der Waals surface area contributed by atoms with Crippen LogP contribution in [-0.2, 0) is 19.1 Å². The molecule has 61 heavy (non-hydrogen) atoms. The average molecular weight is 871 g/mol. The van der Waals surface area contributed by atoms with Gasteiger partial charge in [-0.15, -0.1) is 0 Å². The predicted molar refractivity (Wildman–Crippen MR) is 248 cm³/mol. The molecule has 5 unspecified atom stereocenters. The molecule has 11 heteroatoms. The summed E-state index contributed by atoms with van der Waals surface area (Å²) in [6.45, 7) is 5.41. The Balaban J connectivity index is 2.40. The van der Waals surface area contributed by atoms with E-state index in [1.807, 2.05) is 0 Å². The first-order valence-corrected chi connectivity index (χ1v) is 25.8. The summed E-state index contributed by atoms with van der Waals surface area (Å²) in [5.74, 6) is -0.607. The Morgan fingerprint density at radius 1 is 0.541 bits per heavy atom. The molecule has 2 amide bonds. The van der Waals surface area contributed by atoms with Crippen LogP contribution in [0.2, 0.25) is 0 Å². The lowest BCUT2D eigenvalue weighted by atomic mass is 9.98. The molecule has 1 aliphatic heterocycles. The molecular weight excluding hydrogens is 773 g/mol. The molecule has 362 valence electrons. The minimum atomic E-state index is -1.61. The summed E-state index contributed by atoms with van der Waals surface area (Å²) in [5.41, 5.74) is 0. The SMILES string of the molecule is CCCCCCCCCCCCCCCCCCCCCCCC(=O)N[C@@H](COC1OC(CNC(C)=O)C(O)C(O)C1O)[C@H](O)[C@H](O)CCCCCCCCCCCCCC. The topological polar surface area (TPSA) is 178 Å². The molecule has 0 aliphatic carbocycles. The molecule has 0 saturated carbocycles. The van der Waals surface area contributed by atoms with Crippen molar-refractivity contribution in [1.29, 1.82) is 0 Å². The Morgan fingerprint density at radius 3 is 1.31 bits per heavy atom. The largest absolute Gasteiger partial charge is 0.390 e. The quantitative estimate of drug-likeness (QED) is 0.0294. The van der Waals surface area contributed by atoms with Gasteiger partial charge in [0.15, 0.2) is 6.29 Å². The van der Waals surface area contributed by atoms with Gasteiger partial charge in [0.25, 0.3) is 0 Å². The van der Waals surface area contributed by atoms with Crippen molar-refractivity contribution in [2.75, 3.05) is 13.2 Å². The first-order valence-electron chi connectivity index (χ1n) is 25.8. The molecule has 1 heterocycles. The van der Waals surface area contributed by atoms with Gasteiger partial charge in [-0.25, -0.2) is 0 Å². The maximum absolute atomic E-state index is 13.1. The average Bonchev–Trinajstić information content (AvgIpc) is 3.24. The highest BCUT2D eigenvalue weighted by atomic mass is 16.7. The molecule has 11 nitrogen and oxygen atoms in total. The van der Waals surface area contributed by atoms with Crippen LogP contribution in [0.4, 0.5) is 0 Å². The third-order valence-electron chi connectivity index (χ3n) is 12.7. The summed E-state index contributed by atoms with van der Waals surface area (Å²) in [5, 5.41) is 59.1. The molecule has 8 atom stereocenters. The van der Waals surface area contributed by atoms with Gasteiger partial charge < -0.3 is 45.6 Å². The summed E-state index contributed by atoms with van der Waals surface area (Å²) in [6, 6.07) is -0.997. The van der Waals surface area contributed by atoms with Gasteiger partial charge >= 0.3 is 0 Å². The van der Waals surface area contributed by atoms with E-state index >= 15 is 0 Å². The van der Waals surface area contributed by atoms with E-state index in [1.54, 1.807) is 0 Å². The van der Waals surface area contributed by atoms with Crippen molar-refractivity contribution in [3.8, 4) is 0 Å². The molecule has 0 aromatic carbocycles. The van der Waals surface area contributed by atoms with Crippen molar-refractivity contribution in [2.45, 2.75) is 294 Å². The third-order valence-corrected chi connectivity index (χ3v) is 12.7. The number of carbonyl (C=O) groups excluding carboxylic acids is 2. The smallest absolute Gasteiger partial charge is 0.220 e. The van der Waals surface area contributed by atoms with Crippen LogP contribution >= 0.6 is 0 Å². The monoisotopic (exact) mass is 871 g/mol. The maximum Gasteiger partial charge on any atom is 0.220 e. The van der Waals surface area contributed by atoms with Gasteiger partial charge in [-0.3, -0.25) is 9.59 Å². The number of hydrogen-bond acceptors (Lipinski definition) is 9. The molecule has 1 fully saturated rings. The van der Waals surface area contributed by atoms with E-state index in [4.69, 9.17) is 9.47 Å². The lowest BCUT2D eigenvalue weighted by molar-refractivity contribution is -0.297. The van der Waals surface area contributed by atoms with E-state index < -0.39 is 49.0 Å². The van der Waals surface area contributed by atoms with E-state index in [0.29, 0.717) is 6.42 Å². The standard InChI is InChI=1S/C50H98N2O9/c1-4-6-8-10-12-14-16-18-19-20-21-22-23-24-25-26-28-30-32-34-36-38-45(55)52-42(40-60-50-49(59)48(58)47(57)44(61-50)39-51-41(3)53)46(56)43(54)37-35-33-31-29-27-17-15-13-11-9-7-5-2/h42-44,46-50,54,56-59H,4-40H2,1-3H3,(H,51,53)(H,52,55)/t42-,43+,44?,46-,47?,48?,49?,50?/m0/s1. The zero-order valence-electron chi connectivity index (χ0n) is 39.7. The summed E-state index contributed by atoms with van der Waals surface area (Å²) in [7, 11) is 0. The fourth-order valence-corrected chi connectivity index (χ4v) is 8.52. The zero-order chi connectivity index (χ0) is 44.8. The normalized spacial score (nSPS) is 20.7. The van der Waals surface area contributed by atoms with Crippen LogP contribution in [-0.4, -0.2) is 99.5 Å². The van der Waals surface area contributed by atoms with Gasteiger partial charge in [-0.2, -0.15) is 0 Å². The van der Waals surface area contributed by atoms with Crippen LogP contribution in [0.1, 0.15) is 245 Å². The maximum atomic E-state index is 13.1. The predicted octanol–water partition coefficient (Wildman–Crippen LogP) is 9.85. The van der Waals surface area contributed by atoms with E-state index in [9.17, 15) is 35.1 Å². The summed E-state index contributed by atoms with van der Waals surface area (Å²) < 4.78 is 11.5. The van der Waals surface area contributed by atoms with E-state index in [-0.39, 0.29) is 31.4 Å². The second-order valence-corrected chi connectivity index (χ2v) is 18.5. The highest BCUT2D eigenvalue weighted by molar-refractivity contribution is 5.76. The number of hydrogen-bond donors (Lipinski definition) is 7. The molecule has 1 rings (SSSR count). The van der Waals surface area contributed by atoms with Gasteiger partial charge in [0.1, 0.15) is 30.5 Å². The van der Waals surface area contributed by atoms with Crippen LogP contribution in [0.25, 0.3) is 0 Å². The summed E-state index contributed by atoms with van der Waals surface area (Å²) >= 11 is 0. The van der Waals surface area contributed by atoms with Crippen molar-refractivity contribution in [1.82, 2.24) is 10.6 Å². The molecule has 1 saturated heterocycles. The number of carbonyl (C=O) groups is 2. The molecule has 7 N–H and O–H groups in total. The number of ether oxygens (including phenoxy) is 2. The Hall–Kier alpha value is -1.34. The number of nitrogens with one attached hydrogen (secondary N) is 2. The summed E-state index contributed by atoms with van der Waals surface area (Å²) in [6.07, 6.45) is 32.5. The lowest BCUT2D eigenvalue weighted by Gasteiger charge is -2.41. The van der Waals surface area contributed by atoms with Crippen molar-refractivity contribution in [3.63, 3.8) is 0 Å². The number of amides is 2. The first kappa shape index (κ1) is 57.7. The second kappa shape index (κ2) is 40.2. The molecule has 0 radical (unpaired) electrons. The molecule has 0 bridgehead atoms. The fraction of sp³-hybridized carbons (Fsp3) is 0.960. The van der Waals surface area contributed by atoms with Crippen molar-refractivity contribution in [2.24, 2.45) is 0 Å². The van der Waals surface area contributed by atoms with Crippen LogP contribution in [0, 0.1) is 0 Å². The molecule has 1 aliphatic rings. The third kappa shape index (κ3) is 31.2. The lowest BCUT2D eigenvalue weighted by Crippen LogP contribution is -2.61. The van der Waals surface area contributed by atoms with Crippen LogP contribution < -0.4 is 10.6 Å². The minimum absolute atomic E-state index is 0.111. The zero-order valence-corrected chi connectivity index (χ0v) is 39.7. The molecule has 0 spiro atoms. The number of rotatable bonds is 43. The molecule has 0 aromatic rings. The minimum Gasteiger partial charge on any atom is -0.390 e. The van der Waals surface area contributed by atoms with E-state index in [0.717, 1.165) is 51.4 Å². The fourth-order valence-electron chi connectivity index (χ4n) is 8.52. The Labute approximate surface area is 373 Å². The first-order chi connectivity index (χ1) is 29.6.